The zero-order valence-electron chi connectivity index (χ0n) is 14.1. The van der Waals surface area contributed by atoms with E-state index < -0.39 is 5.97 Å². The lowest BCUT2D eigenvalue weighted by atomic mass is 9.48. The zero-order chi connectivity index (χ0) is 16.6. The monoisotopic (exact) mass is 324 g/mol. The second-order valence-corrected chi connectivity index (χ2v) is 7.99. The van der Waals surface area contributed by atoms with Gasteiger partial charge in [0.2, 0.25) is 0 Å². The molecule has 4 unspecified atom stereocenters. The Morgan fingerprint density at radius 2 is 1.83 bits per heavy atom. The smallest absolute Gasteiger partial charge is 0.344 e. The molecule has 4 bridgehead atoms. The van der Waals surface area contributed by atoms with Gasteiger partial charge in [0.1, 0.15) is 0 Å². The molecule has 0 aromatic carbocycles. The Labute approximate surface area is 137 Å². The molecule has 4 fully saturated rings. The van der Waals surface area contributed by atoms with Gasteiger partial charge in [-0.15, -0.1) is 0 Å². The summed E-state index contributed by atoms with van der Waals surface area (Å²) in [6.07, 6.45) is 5.77. The first kappa shape index (κ1) is 16.7. The van der Waals surface area contributed by atoms with Crippen LogP contribution < -0.4 is 0 Å². The van der Waals surface area contributed by atoms with Crippen LogP contribution in [0, 0.1) is 29.1 Å². The lowest BCUT2D eigenvalue weighted by Crippen LogP contribution is -2.58. The minimum Gasteiger partial charge on any atom is -0.462 e. The fourth-order valence-electron chi connectivity index (χ4n) is 5.09. The van der Waals surface area contributed by atoms with Gasteiger partial charge in [-0.1, -0.05) is 13.8 Å². The van der Waals surface area contributed by atoms with Crippen LogP contribution in [0.3, 0.4) is 0 Å². The lowest BCUT2D eigenvalue weighted by Gasteiger charge is -2.59. The molecule has 4 rings (SSSR count). The number of hydrogen-bond donors (Lipinski definition) is 1. The zero-order valence-corrected chi connectivity index (χ0v) is 14.1. The van der Waals surface area contributed by atoms with E-state index in [1.54, 1.807) is 6.92 Å². The molecule has 4 atom stereocenters. The number of aliphatic hydroxyl groups excluding tert-OH is 1. The van der Waals surface area contributed by atoms with E-state index in [2.05, 4.69) is 0 Å². The first-order chi connectivity index (χ1) is 10.9. The Kier molecular flexibility index (Phi) is 4.68. The number of aliphatic hydroxyl groups is 1. The minimum absolute atomic E-state index is 0.201. The van der Waals surface area contributed by atoms with Crippen LogP contribution in [0.5, 0.6) is 0 Å². The van der Waals surface area contributed by atoms with Gasteiger partial charge >= 0.3 is 11.9 Å². The van der Waals surface area contributed by atoms with Crippen molar-refractivity contribution in [1.82, 2.24) is 0 Å². The summed E-state index contributed by atoms with van der Waals surface area (Å²) in [6, 6.07) is 0. The van der Waals surface area contributed by atoms with Crippen molar-refractivity contribution in [2.24, 2.45) is 29.1 Å². The van der Waals surface area contributed by atoms with E-state index in [1.807, 2.05) is 6.92 Å². The van der Waals surface area contributed by atoms with E-state index in [-0.39, 0.29) is 36.6 Å². The average Bonchev–Trinajstić information content (AvgIpc) is 2.54. The first-order valence-corrected chi connectivity index (χ1v) is 8.94. The standard InChI is InChI=1S/C18H28O5/c1-3-11(2)17(21)22-9-15(19)23-10-18-7-12-4-13(8-18)6-14(5-12)16(18)20/h11-14,16,20H,3-10H2,1-2H3. The summed E-state index contributed by atoms with van der Waals surface area (Å²) in [5.41, 5.74) is -0.259. The number of ether oxygens (including phenoxy) is 2. The number of hydrogen-bond acceptors (Lipinski definition) is 5. The summed E-state index contributed by atoms with van der Waals surface area (Å²) >= 11 is 0. The second-order valence-electron chi connectivity index (χ2n) is 7.99. The summed E-state index contributed by atoms with van der Waals surface area (Å²) in [4.78, 5) is 23.5. The van der Waals surface area contributed by atoms with Crippen LogP contribution >= 0.6 is 0 Å². The van der Waals surface area contributed by atoms with Crippen molar-refractivity contribution < 1.29 is 24.2 Å². The van der Waals surface area contributed by atoms with Gasteiger partial charge in [0.05, 0.1) is 18.6 Å². The average molecular weight is 324 g/mol. The van der Waals surface area contributed by atoms with E-state index in [4.69, 9.17) is 9.47 Å². The summed E-state index contributed by atoms with van der Waals surface area (Å²) in [5, 5.41) is 10.6. The highest BCUT2D eigenvalue weighted by molar-refractivity contribution is 5.77. The molecule has 5 nitrogen and oxygen atoms in total. The number of carbonyl (C=O) groups is 2. The quantitative estimate of drug-likeness (QED) is 0.759. The van der Waals surface area contributed by atoms with Crippen molar-refractivity contribution >= 4 is 11.9 Å². The highest BCUT2D eigenvalue weighted by atomic mass is 16.6. The Hall–Kier alpha value is -1.10. The van der Waals surface area contributed by atoms with Crippen LogP contribution in [0.25, 0.3) is 0 Å². The van der Waals surface area contributed by atoms with Crippen molar-refractivity contribution in [3.63, 3.8) is 0 Å². The summed E-state index contributed by atoms with van der Waals surface area (Å²) in [7, 11) is 0. The third-order valence-corrected chi connectivity index (χ3v) is 6.27. The molecule has 4 aliphatic carbocycles. The topological polar surface area (TPSA) is 72.8 Å². The van der Waals surface area contributed by atoms with Gasteiger partial charge in [-0.05, 0) is 56.3 Å². The van der Waals surface area contributed by atoms with Crippen LogP contribution in [0.4, 0.5) is 0 Å². The summed E-state index contributed by atoms with van der Waals surface area (Å²) < 4.78 is 10.4. The predicted octanol–water partition coefficient (Wildman–Crippen LogP) is 2.31. The van der Waals surface area contributed by atoms with Gasteiger partial charge in [0, 0.05) is 5.41 Å². The van der Waals surface area contributed by atoms with E-state index in [9.17, 15) is 14.7 Å². The molecular weight excluding hydrogens is 296 g/mol. The maximum absolute atomic E-state index is 11.9. The van der Waals surface area contributed by atoms with Crippen LogP contribution in [0.1, 0.15) is 52.4 Å². The molecule has 0 aliphatic heterocycles. The molecule has 0 radical (unpaired) electrons. The molecule has 4 saturated carbocycles. The SMILES string of the molecule is CCC(C)C(=O)OCC(=O)OCC12CC3CC(CC(C3)C1O)C2. The van der Waals surface area contributed by atoms with E-state index in [0.29, 0.717) is 24.2 Å². The fourth-order valence-corrected chi connectivity index (χ4v) is 5.09. The first-order valence-electron chi connectivity index (χ1n) is 8.94. The Balaban J connectivity index is 1.50. The minimum atomic E-state index is -0.510. The van der Waals surface area contributed by atoms with Gasteiger partial charge < -0.3 is 14.6 Å². The van der Waals surface area contributed by atoms with E-state index in [1.165, 1.54) is 6.42 Å². The van der Waals surface area contributed by atoms with Gasteiger partial charge in [0.15, 0.2) is 6.61 Å². The number of carbonyl (C=O) groups excluding carboxylic acids is 2. The van der Waals surface area contributed by atoms with E-state index >= 15 is 0 Å². The molecule has 0 aromatic rings. The molecule has 0 amide bonds. The second kappa shape index (κ2) is 6.42. The van der Waals surface area contributed by atoms with Gasteiger partial charge in [-0.2, -0.15) is 0 Å². The van der Waals surface area contributed by atoms with Gasteiger partial charge in [0.25, 0.3) is 0 Å². The van der Waals surface area contributed by atoms with Crippen molar-refractivity contribution in [2.75, 3.05) is 13.2 Å². The number of rotatable bonds is 6. The largest absolute Gasteiger partial charge is 0.462 e. The molecule has 0 heterocycles. The fraction of sp³-hybridized carbons (Fsp3) is 0.889. The maximum Gasteiger partial charge on any atom is 0.344 e. The molecule has 4 aliphatic rings. The molecule has 0 spiro atoms. The highest BCUT2D eigenvalue weighted by Gasteiger charge is 2.57. The predicted molar refractivity (Wildman–Crippen MR) is 83.4 cm³/mol. The molecular formula is C18H28O5. The Morgan fingerprint density at radius 1 is 1.17 bits per heavy atom. The van der Waals surface area contributed by atoms with Crippen LogP contribution in [-0.4, -0.2) is 36.4 Å². The molecule has 5 heteroatoms. The molecule has 130 valence electrons. The molecule has 1 N–H and O–H groups in total. The molecule has 0 aromatic heterocycles. The summed E-state index contributed by atoms with van der Waals surface area (Å²) in [6.45, 7) is 3.61. The maximum atomic E-state index is 11.9. The van der Waals surface area contributed by atoms with Crippen molar-refractivity contribution in [3.8, 4) is 0 Å². The van der Waals surface area contributed by atoms with E-state index in [0.717, 1.165) is 25.7 Å². The van der Waals surface area contributed by atoms with Crippen molar-refractivity contribution in [3.05, 3.63) is 0 Å². The van der Waals surface area contributed by atoms with Crippen LogP contribution in [0.2, 0.25) is 0 Å². The van der Waals surface area contributed by atoms with Gasteiger partial charge in [-0.25, -0.2) is 4.79 Å². The van der Waals surface area contributed by atoms with Gasteiger partial charge in [-0.3, -0.25) is 4.79 Å². The molecule has 0 saturated heterocycles. The van der Waals surface area contributed by atoms with Crippen molar-refractivity contribution in [2.45, 2.75) is 58.5 Å². The van der Waals surface area contributed by atoms with Crippen LogP contribution in [-0.2, 0) is 19.1 Å². The lowest BCUT2D eigenvalue weighted by molar-refractivity contribution is -0.190. The normalized spacial score (nSPS) is 39.1. The summed E-state index contributed by atoms with van der Waals surface area (Å²) in [5.74, 6) is 0.663. The van der Waals surface area contributed by atoms with Crippen molar-refractivity contribution in [1.29, 1.82) is 0 Å². The Morgan fingerprint density at radius 3 is 2.43 bits per heavy atom. The highest BCUT2D eigenvalue weighted by Crippen LogP contribution is 2.60. The molecule has 23 heavy (non-hydrogen) atoms. The number of esters is 2. The third kappa shape index (κ3) is 3.25. The van der Waals surface area contributed by atoms with Crippen LogP contribution in [0.15, 0.2) is 0 Å². The Bertz CT molecular complexity index is 460. The third-order valence-electron chi connectivity index (χ3n) is 6.27.